The highest BCUT2D eigenvalue weighted by atomic mass is 15.5. The van der Waals surface area contributed by atoms with E-state index >= 15 is 0 Å². The van der Waals surface area contributed by atoms with E-state index in [1.165, 1.54) is 15.9 Å². The number of hydrogen-bond acceptors (Lipinski definition) is 7. The highest BCUT2D eigenvalue weighted by molar-refractivity contribution is 5.83. The maximum Gasteiger partial charge on any atom is 0.176 e. The summed E-state index contributed by atoms with van der Waals surface area (Å²) < 4.78 is 2.01. The minimum atomic E-state index is 0.0904. The molecule has 0 amide bonds. The molecule has 0 spiro atoms. The van der Waals surface area contributed by atoms with Crippen LogP contribution in [0.25, 0.3) is 34.1 Å². The van der Waals surface area contributed by atoms with E-state index in [0.29, 0.717) is 23.1 Å². The van der Waals surface area contributed by atoms with Gasteiger partial charge in [-0.3, -0.25) is 4.57 Å². The number of nitrogens with zero attached hydrogens (tertiary/aromatic N) is 7. The van der Waals surface area contributed by atoms with Gasteiger partial charge in [0, 0.05) is 17.9 Å². The van der Waals surface area contributed by atoms with Crippen LogP contribution in [0.1, 0.15) is 23.6 Å². The fourth-order valence-corrected chi connectivity index (χ4v) is 4.20. The third-order valence-corrected chi connectivity index (χ3v) is 5.70. The highest BCUT2D eigenvalue weighted by Crippen LogP contribution is 2.34. The Bertz CT molecular complexity index is 1420. The number of rotatable bonds is 3. The number of anilines is 1. The summed E-state index contributed by atoms with van der Waals surface area (Å²) in [7, 11) is 0. The predicted molar refractivity (Wildman–Crippen MR) is 117 cm³/mol. The first-order chi connectivity index (χ1) is 15.2. The van der Waals surface area contributed by atoms with Crippen LogP contribution in [0.3, 0.4) is 0 Å². The van der Waals surface area contributed by atoms with E-state index in [1.54, 1.807) is 18.6 Å². The van der Waals surface area contributed by atoms with E-state index in [1.807, 2.05) is 28.8 Å². The number of benzene rings is 1. The summed E-state index contributed by atoms with van der Waals surface area (Å²) in [5.74, 6) is 1.70. The monoisotopic (exact) mass is 409 g/mol. The van der Waals surface area contributed by atoms with Gasteiger partial charge < -0.3 is 11.5 Å². The van der Waals surface area contributed by atoms with Gasteiger partial charge in [-0.2, -0.15) is 10.2 Å². The van der Waals surface area contributed by atoms with Crippen molar-refractivity contribution in [3.63, 3.8) is 0 Å². The number of nitrogen functional groups attached to an aromatic ring is 1. The maximum atomic E-state index is 6.25. The lowest BCUT2D eigenvalue weighted by Gasteiger charge is -2.12. The second-order valence-electron chi connectivity index (χ2n) is 7.57. The number of hydrogen-bond donors (Lipinski definition) is 2. The number of nitrogens with two attached hydrogens (primary N) is 2. The lowest BCUT2D eigenvalue weighted by Crippen LogP contribution is -2.06. The Balaban J connectivity index is 1.64. The molecule has 0 bridgehead atoms. The minimum Gasteiger partial charge on any atom is -0.383 e. The van der Waals surface area contributed by atoms with Crippen molar-refractivity contribution in [2.24, 2.45) is 5.73 Å². The molecule has 0 aliphatic heterocycles. The summed E-state index contributed by atoms with van der Waals surface area (Å²) in [6.07, 6.45) is 6.82. The van der Waals surface area contributed by atoms with E-state index in [4.69, 9.17) is 21.4 Å². The standard InChI is InChI=1S/C22H19N9/c23-17-6-3-13-12-14(4-5-15(13)17)30-21(16-2-1-9-25-20(16)24)28-18-7-8-19(29-22(18)30)31-26-10-11-27-31/h1-2,4-5,7-12,17H,3,6,23H2,(H2,24,25)/t17-/m0/s1. The van der Waals surface area contributed by atoms with Crippen LogP contribution in [0.2, 0.25) is 0 Å². The first-order valence-electron chi connectivity index (χ1n) is 10.0. The number of imidazole rings is 1. The van der Waals surface area contributed by atoms with Gasteiger partial charge in [0.2, 0.25) is 0 Å². The molecule has 9 heteroatoms. The Kier molecular flexibility index (Phi) is 3.84. The van der Waals surface area contributed by atoms with Crippen molar-refractivity contribution < 1.29 is 0 Å². The molecule has 9 nitrogen and oxygen atoms in total. The maximum absolute atomic E-state index is 6.25. The number of fused-ring (bicyclic) bond motifs is 2. The van der Waals surface area contributed by atoms with Gasteiger partial charge in [-0.25, -0.2) is 15.0 Å². The molecular weight excluding hydrogens is 390 g/mol. The lowest BCUT2D eigenvalue weighted by atomic mass is 10.1. The summed E-state index contributed by atoms with van der Waals surface area (Å²) in [6.45, 7) is 0. The Morgan fingerprint density at radius 2 is 1.84 bits per heavy atom. The Labute approximate surface area is 177 Å². The summed E-state index contributed by atoms with van der Waals surface area (Å²) in [5.41, 5.74) is 18.0. The fraction of sp³-hybridized carbons (Fsp3) is 0.136. The smallest absolute Gasteiger partial charge is 0.176 e. The molecule has 31 heavy (non-hydrogen) atoms. The van der Waals surface area contributed by atoms with Crippen LogP contribution in [0.4, 0.5) is 5.82 Å². The molecular formula is C22H19N9. The molecule has 0 radical (unpaired) electrons. The van der Waals surface area contributed by atoms with Crippen LogP contribution in [-0.2, 0) is 6.42 Å². The largest absolute Gasteiger partial charge is 0.383 e. The first kappa shape index (κ1) is 17.7. The molecule has 1 aliphatic rings. The van der Waals surface area contributed by atoms with Gasteiger partial charge in [0.05, 0.1) is 18.0 Å². The van der Waals surface area contributed by atoms with Crippen LogP contribution in [0.5, 0.6) is 0 Å². The van der Waals surface area contributed by atoms with E-state index in [2.05, 4.69) is 33.4 Å². The highest BCUT2D eigenvalue weighted by Gasteiger charge is 2.22. The van der Waals surface area contributed by atoms with Gasteiger partial charge in [0.25, 0.3) is 0 Å². The molecule has 0 saturated heterocycles. The fourth-order valence-electron chi connectivity index (χ4n) is 4.20. The zero-order valence-corrected chi connectivity index (χ0v) is 16.6. The average Bonchev–Trinajstić information content (AvgIpc) is 3.52. The Morgan fingerprint density at radius 3 is 2.68 bits per heavy atom. The molecule has 0 unspecified atom stereocenters. The van der Waals surface area contributed by atoms with Crippen LogP contribution in [0.15, 0.2) is 61.1 Å². The zero-order chi connectivity index (χ0) is 20.9. The normalized spacial score (nSPS) is 15.5. The van der Waals surface area contributed by atoms with Crippen LogP contribution < -0.4 is 11.5 Å². The van der Waals surface area contributed by atoms with Crippen LogP contribution >= 0.6 is 0 Å². The Hall–Kier alpha value is -4.11. The van der Waals surface area contributed by atoms with E-state index in [9.17, 15) is 0 Å². The van der Waals surface area contributed by atoms with E-state index in [0.717, 1.165) is 29.6 Å². The topological polar surface area (TPSA) is 126 Å². The molecule has 4 heterocycles. The van der Waals surface area contributed by atoms with Gasteiger partial charge in [-0.15, -0.1) is 4.80 Å². The van der Waals surface area contributed by atoms with Crippen molar-refractivity contribution in [2.75, 3.05) is 5.73 Å². The SMILES string of the molecule is Nc1ncccc1-c1nc2ccc(-n3nccn3)nc2n1-c1ccc2c(c1)CC[C@@H]2N. The second-order valence-corrected chi connectivity index (χ2v) is 7.57. The molecule has 0 fully saturated rings. The van der Waals surface area contributed by atoms with Gasteiger partial charge in [-0.05, 0) is 60.4 Å². The summed E-state index contributed by atoms with van der Waals surface area (Å²) in [6, 6.07) is 13.9. The summed E-state index contributed by atoms with van der Waals surface area (Å²) in [4.78, 5) is 15.4. The van der Waals surface area contributed by atoms with Crippen molar-refractivity contribution in [3.05, 3.63) is 72.2 Å². The number of aryl methyl sites for hydroxylation is 1. The molecule has 4 aromatic heterocycles. The van der Waals surface area contributed by atoms with Crippen molar-refractivity contribution in [2.45, 2.75) is 18.9 Å². The average molecular weight is 409 g/mol. The third-order valence-electron chi connectivity index (χ3n) is 5.70. The van der Waals surface area contributed by atoms with Crippen LogP contribution in [-0.4, -0.2) is 34.5 Å². The van der Waals surface area contributed by atoms with Crippen molar-refractivity contribution in [1.29, 1.82) is 0 Å². The van der Waals surface area contributed by atoms with Gasteiger partial charge in [-0.1, -0.05) is 6.07 Å². The second kappa shape index (κ2) is 6.71. The lowest BCUT2D eigenvalue weighted by molar-refractivity contribution is 0.713. The molecule has 4 N–H and O–H groups in total. The molecule has 1 aromatic carbocycles. The molecule has 152 valence electrons. The molecule has 1 atom stereocenters. The van der Waals surface area contributed by atoms with Crippen LogP contribution in [0, 0.1) is 0 Å². The Morgan fingerprint density at radius 1 is 0.968 bits per heavy atom. The van der Waals surface area contributed by atoms with Crippen molar-refractivity contribution in [1.82, 2.24) is 34.5 Å². The van der Waals surface area contributed by atoms with Crippen molar-refractivity contribution in [3.8, 4) is 22.9 Å². The molecule has 1 aliphatic carbocycles. The minimum absolute atomic E-state index is 0.0904. The zero-order valence-electron chi connectivity index (χ0n) is 16.6. The van der Waals surface area contributed by atoms with Crippen molar-refractivity contribution >= 4 is 17.0 Å². The first-order valence-corrected chi connectivity index (χ1v) is 10.0. The molecule has 5 aromatic rings. The van der Waals surface area contributed by atoms with Gasteiger partial charge >= 0.3 is 0 Å². The van der Waals surface area contributed by atoms with E-state index in [-0.39, 0.29) is 6.04 Å². The van der Waals surface area contributed by atoms with Gasteiger partial charge in [0.1, 0.15) is 11.3 Å². The van der Waals surface area contributed by atoms with E-state index < -0.39 is 0 Å². The predicted octanol–water partition coefficient (Wildman–Crippen LogP) is 2.59. The molecule has 0 saturated carbocycles. The number of pyridine rings is 2. The summed E-state index contributed by atoms with van der Waals surface area (Å²) >= 11 is 0. The number of aromatic nitrogens is 7. The third kappa shape index (κ3) is 2.78. The summed E-state index contributed by atoms with van der Waals surface area (Å²) in [5, 5.41) is 8.40. The quantitative estimate of drug-likeness (QED) is 0.469. The molecule has 6 rings (SSSR count). The van der Waals surface area contributed by atoms with Gasteiger partial charge in [0.15, 0.2) is 17.3 Å².